The fraction of sp³-hybridized carbons (Fsp3) is 0.154. The Morgan fingerprint density at radius 3 is 2.29 bits per heavy atom. The van der Waals surface area contributed by atoms with Crippen molar-refractivity contribution in [1.29, 1.82) is 0 Å². The highest BCUT2D eigenvalue weighted by Gasteiger charge is 2.10. The lowest BCUT2D eigenvalue weighted by molar-refractivity contribution is 0.103. The minimum Gasteiger partial charge on any atom is -0.489 e. The van der Waals surface area contributed by atoms with Gasteiger partial charge in [0.05, 0.1) is 4.88 Å². The Morgan fingerprint density at radius 1 is 0.903 bits per heavy atom. The molecule has 0 aliphatic rings. The van der Waals surface area contributed by atoms with Gasteiger partial charge in [-0.2, -0.15) is 0 Å². The van der Waals surface area contributed by atoms with Gasteiger partial charge < -0.3 is 10.1 Å². The minimum absolute atomic E-state index is 0.107. The summed E-state index contributed by atoms with van der Waals surface area (Å²) in [7, 11) is 0. The van der Waals surface area contributed by atoms with E-state index in [4.69, 9.17) is 4.74 Å². The molecule has 0 spiro atoms. The first-order chi connectivity index (χ1) is 15.0. The molecule has 31 heavy (non-hydrogen) atoms. The molecule has 0 fully saturated rings. The number of aromatic nitrogens is 1. The zero-order chi connectivity index (χ0) is 21.6. The van der Waals surface area contributed by atoms with E-state index in [1.807, 2.05) is 60.0 Å². The molecule has 0 saturated heterocycles. The maximum atomic E-state index is 12.6. The summed E-state index contributed by atoms with van der Waals surface area (Å²) in [6.07, 6.45) is 4.43. The van der Waals surface area contributed by atoms with E-state index >= 15 is 0 Å². The van der Waals surface area contributed by atoms with Crippen LogP contribution in [0.5, 0.6) is 5.75 Å². The topological polar surface area (TPSA) is 51.2 Å². The van der Waals surface area contributed by atoms with Crippen LogP contribution in [0.3, 0.4) is 0 Å². The van der Waals surface area contributed by atoms with Gasteiger partial charge in [-0.1, -0.05) is 18.2 Å². The number of anilines is 1. The van der Waals surface area contributed by atoms with Gasteiger partial charge >= 0.3 is 0 Å². The molecule has 0 unspecified atom stereocenters. The summed E-state index contributed by atoms with van der Waals surface area (Å²) in [5.41, 5.74) is 6.51. The lowest BCUT2D eigenvalue weighted by atomic mass is 10.1. The van der Waals surface area contributed by atoms with Crippen molar-refractivity contribution in [1.82, 2.24) is 4.98 Å². The number of rotatable bonds is 7. The molecule has 0 aliphatic carbocycles. The second-order valence-corrected chi connectivity index (χ2v) is 8.53. The largest absolute Gasteiger partial charge is 0.489 e. The molecule has 4 rings (SSSR count). The Hall–Kier alpha value is -3.44. The molecule has 1 amide bonds. The second-order valence-electron chi connectivity index (χ2n) is 7.61. The molecule has 0 saturated carbocycles. The van der Waals surface area contributed by atoms with E-state index in [9.17, 15) is 4.79 Å². The van der Waals surface area contributed by atoms with Crippen molar-refractivity contribution < 1.29 is 9.53 Å². The van der Waals surface area contributed by atoms with Crippen LogP contribution in [0.15, 0.2) is 78.4 Å². The van der Waals surface area contributed by atoms with E-state index in [2.05, 4.69) is 30.2 Å². The number of carbonyl (C=O) groups excluding carboxylic acids is 1. The third-order valence-corrected chi connectivity index (χ3v) is 5.83. The molecule has 4 aromatic rings. The highest BCUT2D eigenvalue weighted by Crippen LogP contribution is 2.21. The first-order valence-corrected chi connectivity index (χ1v) is 11.0. The third kappa shape index (κ3) is 5.80. The molecule has 5 heteroatoms. The predicted molar refractivity (Wildman–Crippen MR) is 126 cm³/mol. The Labute approximate surface area is 186 Å². The maximum Gasteiger partial charge on any atom is 0.265 e. The van der Waals surface area contributed by atoms with Crippen molar-refractivity contribution in [2.24, 2.45) is 0 Å². The molecular formula is C26H24N2O2S. The number of nitrogens with zero attached hydrogens (tertiary/aromatic N) is 1. The zero-order valence-electron chi connectivity index (χ0n) is 17.6. The van der Waals surface area contributed by atoms with Crippen molar-refractivity contribution in [3.05, 3.63) is 111 Å². The van der Waals surface area contributed by atoms with Gasteiger partial charge in [0.1, 0.15) is 12.4 Å². The smallest absolute Gasteiger partial charge is 0.265 e. The predicted octanol–water partition coefficient (Wildman–Crippen LogP) is 6.18. The van der Waals surface area contributed by atoms with Crippen LogP contribution in [-0.4, -0.2) is 10.9 Å². The summed E-state index contributed by atoms with van der Waals surface area (Å²) < 4.78 is 5.90. The van der Waals surface area contributed by atoms with E-state index in [1.54, 1.807) is 12.4 Å². The Balaban J connectivity index is 1.33. The average molecular weight is 429 g/mol. The van der Waals surface area contributed by atoms with Crippen molar-refractivity contribution in [3.63, 3.8) is 0 Å². The monoisotopic (exact) mass is 428 g/mol. The van der Waals surface area contributed by atoms with E-state index in [-0.39, 0.29) is 5.91 Å². The van der Waals surface area contributed by atoms with Gasteiger partial charge in [-0.3, -0.25) is 9.78 Å². The van der Waals surface area contributed by atoms with Gasteiger partial charge in [0.25, 0.3) is 5.91 Å². The fourth-order valence-electron chi connectivity index (χ4n) is 3.39. The van der Waals surface area contributed by atoms with Gasteiger partial charge in [-0.25, -0.2) is 0 Å². The number of thiophene rings is 1. The number of aryl methyl sites for hydroxylation is 2. The quantitative estimate of drug-likeness (QED) is 0.382. The summed E-state index contributed by atoms with van der Waals surface area (Å²) in [5, 5.41) is 4.94. The summed E-state index contributed by atoms with van der Waals surface area (Å²) in [4.78, 5) is 17.3. The van der Waals surface area contributed by atoms with Crippen LogP contribution in [0.25, 0.3) is 0 Å². The van der Waals surface area contributed by atoms with Gasteiger partial charge in [0, 0.05) is 23.6 Å². The normalized spacial score (nSPS) is 10.6. The molecule has 0 radical (unpaired) electrons. The standard InChI is InChI=1S/C26H24N2O2S/c1-18-11-19(2)13-24(12-18)30-16-22-15-25(31-17-22)26(29)28-23-5-3-20(4-6-23)14-21-7-9-27-10-8-21/h3-13,15,17H,14,16H2,1-2H3,(H,28,29). The Kier molecular flexibility index (Phi) is 6.43. The summed E-state index contributed by atoms with van der Waals surface area (Å²) in [6, 6.07) is 20.0. The lowest BCUT2D eigenvalue weighted by Crippen LogP contribution is -2.10. The second kappa shape index (κ2) is 9.58. The highest BCUT2D eigenvalue weighted by atomic mass is 32.1. The molecule has 2 heterocycles. The molecule has 2 aromatic heterocycles. The molecule has 4 nitrogen and oxygen atoms in total. The van der Waals surface area contributed by atoms with E-state index < -0.39 is 0 Å². The van der Waals surface area contributed by atoms with E-state index in [1.165, 1.54) is 33.6 Å². The minimum atomic E-state index is -0.107. The van der Waals surface area contributed by atoms with Gasteiger partial charge in [0.15, 0.2) is 0 Å². The number of carbonyl (C=O) groups is 1. The number of benzene rings is 2. The number of hydrogen-bond acceptors (Lipinski definition) is 4. The summed E-state index contributed by atoms with van der Waals surface area (Å²) in [6.45, 7) is 4.55. The van der Waals surface area contributed by atoms with Crippen LogP contribution in [0.4, 0.5) is 5.69 Å². The summed E-state index contributed by atoms with van der Waals surface area (Å²) in [5.74, 6) is 0.742. The number of hydrogen-bond donors (Lipinski definition) is 1. The SMILES string of the molecule is Cc1cc(C)cc(OCc2csc(C(=O)Nc3ccc(Cc4ccncc4)cc3)c2)c1. The number of pyridine rings is 1. The molecule has 2 aromatic carbocycles. The van der Waals surface area contributed by atoms with Gasteiger partial charge in [0.2, 0.25) is 0 Å². The number of ether oxygens (including phenoxy) is 1. The number of amides is 1. The average Bonchev–Trinajstić information content (AvgIpc) is 3.23. The summed E-state index contributed by atoms with van der Waals surface area (Å²) >= 11 is 1.43. The van der Waals surface area contributed by atoms with Crippen LogP contribution in [-0.2, 0) is 13.0 Å². The first-order valence-electron chi connectivity index (χ1n) is 10.1. The van der Waals surface area contributed by atoms with Crippen LogP contribution in [0, 0.1) is 13.8 Å². The molecule has 1 N–H and O–H groups in total. The van der Waals surface area contributed by atoms with Crippen LogP contribution in [0.2, 0.25) is 0 Å². The highest BCUT2D eigenvalue weighted by molar-refractivity contribution is 7.12. The third-order valence-electron chi connectivity index (χ3n) is 4.85. The molecule has 0 aliphatic heterocycles. The van der Waals surface area contributed by atoms with Crippen LogP contribution < -0.4 is 10.1 Å². The van der Waals surface area contributed by atoms with Crippen molar-refractivity contribution >= 4 is 22.9 Å². The molecule has 0 bridgehead atoms. The lowest BCUT2D eigenvalue weighted by Gasteiger charge is -2.07. The van der Waals surface area contributed by atoms with Gasteiger partial charge in [-0.15, -0.1) is 11.3 Å². The number of nitrogens with one attached hydrogen (secondary N) is 1. The first kappa shape index (κ1) is 20.8. The Bertz CT molecular complexity index is 1150. The van der Waals surface area contributed by atoms with Crippen molar-refractivity contribution in [2.75, 3.05) is 5.32 Å². The van der Waals surface area contributed by atoms with Crippen molar-refractivity contribution in [2.45, 2.75) is 26.9 Å². The maximum absolute atomic E-state index is 12.6. The van der Waals surface area contributed by atoms with Crippen molar-refractivity contribution in [3.8, 4) is 5.75 Å². The molecule has 0 atom stereocenters. The van der Waals surface area contributed by atoms with E-state index in [0.717, 1.165) is 23.4 Å². The molecule has 156 valence electrons. The zero-order valence-corrected chi connectivity index (χ0v) is 18.4. The van der Waals surface area contributed by atoms with Gasteiger partial charge in [-0.05, 0) is 90.4 Å². The Morgan fingerprint density at radius 2 is 1.58 bits per heavy atom. The van der Waals surface area contributed by atoms with Crippen LogP contribution in [0.1, 0.15) is 37.5 Å². The fourth-order valence-corrected chi connectivity index (χ4v) is 4.18. The van der Waals surface area contributed by atoms with Crippen LogP contribution >= 0.6 is 11.3 Å². The molecular weight excluding hydrogens is 404 g/mol. The van der Waals surface area contributed by atoms with E-state index in [0.29, 0.717) is 11.5 Å².